The van der Waals surface area contributed by atoms with Crippen LogP contribution in [0.25, 0.3) is 0 Å². The monoisotopic (exact) mass is 197 g/mol. The summed E-state index contributed by atoms with van der Waals surface area (Å²) in [5, 5.41) is 0. The summed E-state index contributed by atoms with van der Waals surface area (Å²) in [6.07, 6.45) is 4.06. The van der Waals surface area contributed by atoms with E-state index in [1.165, 1.54) is 45.4 Å². The van der Waals surface area contributed by atoms with Gasteiger partial charge in [-0.1, -0.05) is 0 Å². The first-order valence-corrected chi connectivity index (χ1v) is 5.94. The van der Waals surface area contributed by atoms with Crippen molar-refractivity contribution in [2.24, 2.45) is 11.7 Å². The van der Waals surface area contributed by atoms with E-state index >= 15 is 0 Å². The normalized spacial score (nSPS) is 36.4. The molecular formula is C11H23N3. The fourth-order valence-corrected chi connectivity index (χ4v) is 2.71. The molecule has 14 heavy (non-hydrogen) atoms. The quantitative estimate of drug-likeness (QED) is 0.694. The lowest BCUT2D eigenvalue weighted by Crippen LogP contribution is -2.50. The highest BCUT2D eigenvalue weighted by Gasteiger charge is 2.34. The van der Waals surface area contributed by atoms with Crippen LogP contribution in [0.3, 0.4) is 0 Å². The highest BCUT2D eigenvalue weighted by atomic mass is 15.2. The third kappa shape index (κ3) is 2.10. The van der Waals surface area contributed by atoms with Gasteiger partial charge in [-0.3, -0.25) is 4.90 Å². The molecule has 3 heteroatoms. The molecule has 0 radical (unpaired) electrons. The van der Waals surface area contributed by atoms with Gasteiger partial charge in [0.2, 0.25) is 0 Å². The lowest BCUT2D eigenvalue weighted by molar-refractivity contribution is 0.0704. The zero-order chi connectivity index (χ0) is 9.97. The number of nitrogens with zero attached hydrogens (tertiary/aromatic N) is 2. The number of nitrogens with two attached hydrogens (primary N) is 1. The summed E-state index contributed by atoms with van der Waals surface area (Å²) in [5.74, 6) is 0.790. The molecule has 2 N–H and O–H groups in total. The van der Waals surface area contributed by atoms with Crippen molar-refractivity contribution in [2.75, 3.05) is 39.8 Å². The molecule has 0 amide bonds. The highest BCUT2D eigenvalue weighted by Crippen LogP contribution is 2.31. The van der Waals surface area contributed by atoms with Crippen LogP contribution in [-0.2, 0) is 0 Å². The maximum absolute atomic E-state index is 5.76. The molecule has 0 bridgehead atoms. The summed E-state index contributed by atoms with van der Waals surface area (Å²) in [5.41, 5.74) is 5.76. The summed E-state index contributed by atoms with van der Waals surface area (Å²) in [7, 11) is 2.23. The van der Waals surface area contributed by atoms with Gasteiger partial charge in [0.1, 0.15) is 0 Å². The van der Waals surface area contributed by atoms with Crippen LogP contribution in [0.5, 0.6) is 0 Å². The van der Waals surface area contributed by atoms with Crippen LogP contribution in [-0.4, -0.2) is 55.6 Å². The van der Waals surface area contributed by atoms with Crippen LogP contribution in [0, 0.1) is 5.92 Å². The molecule has 1 saturated heterocycles. The average Bonchev–Trinajstić information content (AvgIpc) is 2.31. The molecule has 82 valence electrons. The van der Waals surface area contributed by atoms with Crippen molar-refractivity contribution in [1.29, 1.82) is 0 Å². The van der Waals surface area contributed by atoms with Crippen LogP contribution < -0.4 is 5.73 Å². The fourth-order valence-electron chi connectivity index (χ4n) is 2.71. The standard InChI is InChI=1S/C11H23N3/c1-13-5-2-6-14(8-7-13)11-4-3-10(11)9-12/h10-11H,2-9,12H2,1H3. The van der Waals surface area contributed by atoms with Crippen LogP contribution in [0.1, 0.15) is 19.3 Å². The molecule has 2 atom stereocenters. The van der Waals surface area contributed by atoms with Crippen molar-refractivity contribution in [3.63, 3.8) is 0 Å². The van der Waals surface area contributed by atoms with Crippen molar-refractivity contribution in [3.05, 3.63) is 0 Å². The van der Waals surface area contributed by atoms with E-state index in [0.29, 0.717) is 0 Å². The van der Waals surface area contributed by atoms with Gasteiger partial charge >= 0.3 is 0 Å². The van der Waals surface area contributed by atoms with Crippen molar-refractivity contribution >= 4 is 0 Å². The Balaban J connectivity index is 1.84. The van der Waals surface area contributed by atoms with Crippen LogP contribution in [0.15, 0.2) is 0 Å². The first-order valence-electron chi connectivity index (χ1n) is 5.94. The predicted octanol–water partition coefficient (Wildman–Crippen LogP) is 0.361. The molecule has 2 unspecified atom stereocenters. The second-order valence-electron chi connectivity index (χ2n) is 4.83. The Morgan fingerprint density at radius 1 is 1.14 bits per heavy atom. The van der Waals surface area contributed by atoms with Gasteiger partial charge in [-0.2, -0.15) is 0 Å². The van der Waals surface area contributed by atoms with Crippen molar-refractivity contribution in [2.45, 2.75) is 25.3 Å². The van der Waals surface area contributed by atoms with Crippen LogP contribution in [0.2, 0.25) is 0 Å². The molecule has 2 rings (SSSR count). The molecule has 0 aromatic rings. The van der Waals surface area contributed by atoms with Crippen LogP contribution in [0.4, 0.5) is 0 Å². The van der Waals surface area contributed by atoms with E-state index in [2.05, 4.69) is 16.8 Å². The third-order valence-corrected chi connectivity index (χ3v) is 3.90. The van der Waals surface area contributed by atoms with Gasteiger partial charge in [-0.15, -0.1) is 0 Å². The molecule has 2 aliphatic rings. The maximum Gasteiger partial charge on any atom is 0.0136 e. The van der Waals surface area contributed by atoms with E-state index < -0.39 is 0 Å². The Morgan fingerprint density at radius 2 is 2.00 bits per heavy atom. The molecule has 1 saturated carbocycles. The Bertz CT molecular complexity index is 181. The lowest BCUT2D eigenvalue weighted by atomic mass is 9.78. The second kappa shape index (κ2) is 4.60. The Morgan fingerprint density at radius 3 is 2.64 bits per heavy atom. The van der Waals surface area contributed by atoms with Gasteiger partial charge < -0.3 is 10.6 Å². The van der Waals surface area contributed by atoms with Gasteiger partial charge in [-0.05, 0) is 51.9 Å². The minimum Gasteiger partial charge on any atom is -0.330 e. The number of hydrogen-bond donors (Lipinski definition) is 1. The topological polar surface area (TPSA) is 32.5 Å². The zero-order valence-electron chi connectivity index (χ0n) is 9.28. The predicted molar refractivity (Wildman–Crippen MR) is 59.3 cm³/mol. The Labute approximate surface area is 87.2 Å². The van der Waals surface area contributed by atoms with Gasteiger partial charge in [-0.25, -0.2) is 0 Å². The number of likely N-dealkylation sites (N-methyl/N-ethyl adjacent to an activating group) is 1. The Hall–Kier alpha value is -0.120. The zero-order valence-corrected chi connectivity index (χ0v) is 9.28. The SMILES string of the molecule is CN1CCCN(C2CCC2CN)CC1. The average molecular weight is 197 g/mol. The van der Waals surface area contributed by atoms with E-state index in [4.69, 9.17) is 5.73 Å². The smallest absolute Gasteiger partial charge is 0.0136 e. The molecular weight excluding hydrogens is 174 g/mol. The second-order valence-corrected chi connectivity index (χ2v) is 4.83. The molecule has 0 spiro atoms. The minimum atomic E-state index is 0.790. The molecule has 1 heterocycles. The molecule has 0 aromatic carbocycles. The van der Waals surface area contributed by atoms with Crippen molar-refractivity contribution in [3.8, 4) is 0 Å². The molecule has 3 nitrogen and oxygen atoms in total. The Kier molecular flexibility index (Phi) is 3.42. The minimum absolute atomic E-state index is 0.790. The summed E-state index contributed by atoms with van der Waals surface area (Å²) in [6, 6.07) is 0.812. The van der Waals surface area contributed by atoms with E-state index in [1.54, 1.807) is 0 Å². The number of hydrogen-bond acceptors (Lipinski definition) is 3. The van der Waals surface area contributed by atoms with E-state index in [0.717, 1.165) is 18.5 Å². The van der Waals surface area contributed by atoms with Crippen molar-refractivity contribution in [1.82, 2.24) is 9.80 Å². The summed E-state index contributed by atoms with van der Waals surface area (Å²) in [6.45, 7) is 5.91. The first kappa shape index (κ1) is 10.4. The van der Waals surface area contributed by atoms with E-state index in [1.807, 2.05) is 0 Å². The molecule has 0 aromatic heterocycles. The van der Waals surface area contributed by atoms with Gasteiger partial charge in [0, 0.05) is 19.1 Å². The highest BCUT2D eigenvalue weighted by molar-refractivity contribution is 4.90. The summed E-state index contributed by atoms with van der Waals surface area (Å²) in [4.78, 5) is 5.11. The number of rotatable bonds is 2. The first-order chi connectivity index (χ1) is 6.81. The third-order valence-electron chi connectivity index (χ3n) is 3.90. The lowest BCUT2D eigenvalue weighted by Gasteiger charge is -2.43. The maximum atomic E-state index is 5.76. The molecule has 1 aliphatic carbocycles. The van der Waals surface area contributed by atoms with Crippen LogP contribution >= 0.6 is 0 Å². The van der Waals surface area contributed by atoms with E-state index in [9.17, 15) is 0 Å². The van der Waals surface area contributed by atoms with Gasteiger partial charge in [0.05, 0.1) is 0 Å². The van der Waals surface area contributed by atoms with Crippen molar-refractivity contribution < 1.29 is 0 Å². The molecule has 1 aliphatic heterocycles. The van der Waals surface area contributed by atoms with Gasteiger partial charge in [0.15, 0.2) is 0 Å². The fraction of sp³-hybridized carbons (Fsp3) is 1.00. The summed E-state index contributed by atoms with van der Waals surface area (Å²) >= 11 is 0. The van der Waals surface area contributed by atoms with E-state index in [-0.39, 0.29) is 0 Å². The molecule has 2 fully saturated rings. The summed E-state index contributed by atoms with van der Waals surface area (Å²) < 4.78 is 0. The largest absolute Gasteiger partial charge is 0.330 e. The van der Waals surface area contributed by atoms with Gasteiger partial charge in [0.25, 0.3) is 0 Å².